The van der Waals surface area contributed by atoms with E-state index in [1.54, 1.807) is 0 Å². The van der Waals surface area contributed by atoms with Crippen molar-refractivity contribution in [1.82, 2.24) is 0 Å². The molecule has 4 saturated carbocycles. The van der Waals surface area contributed by atoms with Crippen LogP contribution in [0.15, 0.2) is 0 Å². The zero-order chi connectivity index (χ0) is 29.8. The minimum Gasteiger partial charge on any atom is -0.550 e. The van der Waals surface area contributed by atoms with Crippen LogP contribution in [0.25, 0.3) is 0 Å². The molecular weight excluding hydrogens is 535 g/mol. The Labute approximate surface area is 268 Å². The average Bonchev–Trinajstić information content (AvgIpc) is 3.17. The zero-order valence-corrected chi connectivity index (χ0v) is 28.3. The van der Waals surface area contributed by atoms with E-state index in [1.165, 1.54) is 0 Å². The Morgan fingerprint density at radius 2 is 1.63 bits per heavy atom. The van der Waals surface area contributed by atoms with E-state index in [4.69, 9.17) is 4.74 Å². The molecule has 0 aromatic carbocycles. The van der Waals surface area contributed by atoms with Crippen molar-refractivity contribution in [3.8, 4) is 0 Å². The van der Waals surface area contributed by atoms with Gasteiger partial charge in [-0.15, -0.1) is 0 Å². The van der Waals surface area contributed by atoms with E-state index in [9.17, 15) is 35.1 Å². The van der Waals surface area contributed by atoms with Crippen molar-refractivity contribution >= 4 is 11.9 Å². The van der Waals surface area contributed by atoms with Crippen molar-refractivity contribution in [3.63, 3.8) is 0 Å². The Morgan fingerprint density at radius 1 is 0.976 bits per heavy atom. The first-order chi connectivity index (χ1) is 18.5. The van der Waals surface area contributed by atoms with Crippen molar-refractivity contribution in [2.75, 3.05) is 0 Å². The van der Waals surface area contributed by atoms with Crippen LogP contribution in [0.4, 0.5) is 0 Å². The van der Waals surface area contributed by atoms with Gasteiger partial charge in [0, 0.05) is 17.8 Å². The van der Waals surface area contributed by atoms with Gasteiger partial charge in [0.25, 0.3) is 0 Å². The molecule has 9 heteroatoms. The SMILES string of the molecule is C[C@H](CC(O)CC(O)CC(=O)[O-])[C@H]1CC[C@H]2[C@@H]3[C@H](O)C[C@@H]4C[C@H](O)CC[C@]4(C)[C@H]3C[C@H](OC(=O)C(C)(C)C)[C@]12C.[Na+]. The molecule has 13 atom stereocenters. The Hall–Kier alpha value is -0.220. The number of ether oxygens (including phenoxy) is 1. The Balaban J connectivity index is 0.00000462. The molecule has 4 aliphatic rings. The molecule has 0 saturated heterocycles. The fourth-order valence-corrected chi connectivity index (χ4v) is 9.87. The van der Waals surface area contributed by atoms with E-state index in [0.717, 1.165) is 25.7 Å². The molecule has 4 rings (SSSR count). The van der Waals surface area contributed by atoms with E-state index in [0.29, 0.717) is 25.7 Å². The maximum Gasteiger partial charge on any atom is 1.00 e. The number of hydrogen-bond donors (Lipinski definition) is 4. The maximum atomic E-state index is 13.3. The summed E-state index contributed by atoms with van der Waals surface area (Å²) in [5, 5.41) is 53.7. The predicted octanol–water partition coefficient (Wildman–Crippen LogP) is -0.173. The Morgan fingerprint density at radius 3 is 2.24 bits per heavy atom. The molecule has 0 aliphatic heterocycles. The van der Waals surface area contributed by atoms with Crippen LogP contribution >= 0.6 is 0 Å². The maximum absolute atomic E-state index is 13.3. The smallest absolute Gasteiger partial charge is 0.550 e. The summed E-state index contributed by atoms with van der Waals surface area (Å²) in [6.07, 6.45) is 2.36. The molecular formula is C32H53NaO8. The number of aliphatic carboxylic acids is 1. The molecule has 0 amide bonds. The third-order valence-corrected chi connectivity index (χ3v) is 11.9. The molecule has 0 heterocycles. The van der Waals surface area contributed by atoms with Gasteiger partial charge in [-0.25, -0.2) is 0 Å². The summed E-state index contributed by atoms with van der Waals surface area (Å²) < 4.78 is 6.45. The van der Waals surface area contributed by atoms with Gasteiger partial charge in [0.05, 0.1) is 29.8 Å². The molecule has 41 heavy (non-hydrogen) atoms. The van der Waals surface area contributed by atoms with Crippen molar-refractivity contribution in [2.24, 2.45) is 51.8 Å². The second kappa shape index (κ2) is 13.0. The second-order valence-electron chi connectivity index (χ2n) is 15.5. The van der Waals surface area contributed by atoms with Crippen LogP contribution < -0.4 is 34.7 Å². The van der Waals surface area contributed by atoms with E-state index in [2.05, 4.69) is 20.8 Å². The summed E-state index contributed by atoms with van der Waals surface area (Å²) in [6, 6.07) is 0. The fourth-order valence-electron chi connectivity index (χ4n) is 9.87. The largest absolute Gasteiger partial charge is 1.00 e. The molecule has 0 spiro atoms. The molecule has 0 aromatic heterocycles. The Bertz CT molecular complexity index is 937. The number of carboxylic acids is 1. The second-order valence-corrected chi connectivity index (χ2v) is 15.5. The number of hydrogen-bond acceptors (Lipinski definition) is 8. The summed E-state index contributed by atoms with van der Waals surface area (Å²) in [6.45, 7) is 12.3. The van der Waals surface area contributed by atoms with Gasteiger partial charge in [-0.3, -0.25) is 4.79 Å². The minimum absolute atomic E-state index is 0. The van der Waals surface area contributed by atoms with Gasteiger partial charge < -0.3 is 35.1 Å². The van der Waals surface area contributed by atoms with Gasteiger partial charge in [0.15, 0.2) is 0 Å². The van der Waals surface area contributed by atoms with Crippen LogP contribution in [0.1, 0.15) is 106 Å². The topological polar surface area (TPSA) is 147 Å². The quantitative estimate of drug-likeness (QED) is 0.226. The predicted molar refractivity (Wildman–Crippen MR) is 147 cm³/mol. The van der Waals surface area contributed by atoms with Gasteiger partial charge in [0.1, 0.15) is 6.10 Å². The normalized spacial score (nSPS) is 42.5. The summed E-state index contributed by atoms with van der Waals surface area (Å²) >= 11 is 0. The van der Waals surface area contributed by atoms with Gasteiger partial charge in [-0.05, 0) is 119 Å². The fraction of sp³-hybridized carbons (Fsp3) is 0.938. The molecule has 4 fully saturated rings. The van der Waals surface area contributed by atoms with E-state index in [1.807, 2.05) is 20.8 Å². The number of fused-ring (bicyclic) bond motifs is 5. The number of esters is 1. The van der Waals surface area contributed by atoms with E-state index < -0.39 is 36.1 Å². The minimum atomic E-state index is -1.34. The molecule has 0 bridgehead atoms. The number of rotatable bonds is 8. The number of aliphatic hydroxyl groups is 4. The molecule has 4 aliphatic carbocycles. The third kappa shape index (κ3) is 6.89. The van der Waals surface area contributed by atoms with Gasteiger partial charge in [0.2, 0.25) is 0 Å². The standard InChI is InChI=1S/C32H54O8.Na/c1-17(11-20(34)14-21(35)15-27(37)38)22-7-8-23-28-24(16-26(32(22,23)6)40-29(39)30(2,3)4)31(5)10-9-19(33)12-18(31)13-25(28)36;/h17-26,28,33-36H,7-16H2,1-6H3,(H,37,38);/q;+1/p-1/t17-,18+,19-,20?,21?,22-,23+,24+,25-,26+,28+,31+,32-;/m1./s1. The van der Waals surface area contributed by atoms with Crippen molar-refractivity contribution in [1.29, 1.82) is 0 Å². The number of carbonyl (C=O) groups excluding carboxylic acids is 2. The monoisotopic (exact) mass is 588 g/mol. The van der Waals surface area contributed by atoms with Crippen LogP contribution in [0.2, 0.25) is 0 Å². The summed E-state index contributed by atoms with van der Waals surface area (Å²) in [5.41, 5.74) is -1.06. The Kier molecular flexibility index (Phi) is 11.2. The van der Waals surface area contributed by atoms with Crippen molar-refractivity contribution in [3.05, 3.63) is 0 Å². The van der Waals surface area contributed by atoms with Crippen LogP contribution in [0, 0.1) is 51.8 Å². The first kappa shape index (κ1) is 35.3. The number of carbonyl (C=O) groups is 2. The zero-order valence-electron chi connectivity index (χ0n) is 26.3. The summed E-state index contributed by atoms with van der Waals surface area (Å²) in [5.74, 6) is -0.685. The number of aliphatic hydroxyl groups excluding tert-OH is 4. The average molecular weight is 589 g/mol. The van der Waals surface area contributed by atoms with Gasteiger partial charge in [-0.1, -0.05) is 20.8 Å². The van der Waals surface area contributed by atoms with Crippen LogP contribution in [-0.4, -0.2) is 62.9 Å². The molecule has 0 aromatic rings. The van der Waals surface area contributed by atoms with Crippen LogP contribution in [-0.2, 0) is 14.3 Å². The van der Waals surface area contributed by atoms with Crippen LogP contribution in [0.5, 0.6) is 0 Å². The van der Waals surface area contributed by atoms with Crippen molar-refractivity contribution in [2.45, 2.75) is 136 Å². The third-order valence-electron chi connectivity index (χ3n) is 11.9. The molecule has 0 radical (unpaired) electrons. The first-order valence-electron chi connectivity index (χ1n) is 15.6. The van der Waals surface area contributed by atoms with Gasteiger partial charge in [-0.2, -0.15) is 0 Å². The summed E-state index contributed by atoms with van der Waals surface area (Å²) in [7, 11) is 0. The van der Waals surface area contributed by atoms with Gasteiger partial charge >= 0.3 is 35.5 Å². The van der Waals surface area contributed by atoms with E-state index in [-0.39, 0.29) is 100 Å². The molecule has 4 N–H and O–H groups in total. The van der Waals surface area contributed by atoms with Crippen LogP contribution in [0.3, 0.4) is 0 Å². The molecule has 8 nitrogen and oxygen atoms in total. The van der Waals surface area contributed by atoms with E-state index >= 15 is 0 Å². The molecule has 230 valence electrons. The molecule has 2 unspecified atom stereocenters. The van der Waals surface area contributed by atoms with Crippen molar-refractivity contribution < 1.29 is 69.4 Å². The first-order valence-corrected chi connectivity index (χ1v) is 15.6. The summed E-state index contributed by atoms with van der Waals surface area (Å²) in [4.78, 5) is 24.2. The number of carboxylic acid groups (broad SMARTS) is 1.